The number of benzene rings is 3. The van der Waals surface area contributed by atoms with Crippen LogP contribution in [0.1, 0.15) is 17.5 Å². The molecule has 196 valence electrons. The predicted octanol–water partition coefficient (Wildman–Crippen LogP) is 5.93. The van der Waals surface area contributed by atoms with E-state index in [1.807, 2.05) is 31.2 Å². The number of urea groups is 1. The molecule has 4 rings (SSSR count). The fourth-order valence-electron chi connectivity index (χ4n) is 3.67. The van der Waals surface area contributed by atoms with Crippen LogP contribution < -0.4 is 24.4 Å². The summed E-state index contributed by atoms with van der Waals surface area (Å²) >= 11 is 9.79. The molecular weight excluding hydrogens is 576 g/mol. The lowest BCUT2D eigenvalue weighted by Crippen LogP contribution is -2.54. The first-order valence-electron chi connectivity index (χ1n) is 11.6. The maximum atomic E-state index is 13.1. The maximum absolute atomic E-state index is 13.1. The number of hydrogen-bond acceptors (Lipinski definition) is 6. The van der Waals surface area contributed by atoms with Gasteiger partial charge in [0, 0.05) is 10.9 Å². The van der Waals surface area contributed by atoms with Crippen molar-refractivity contribution in [1.29, 1.82) is 0 Å². The van der Waals surface area contributed by atoms with Crippen LogP contribution >= 0.6 is 27.5 Å². The number of halogens is 2. The lowest BCUT2D eigenvalue weighted by atomic mass is 10.1. The Morgan fingerprint density at radius 1 is 0.974 bits per heavy atom. The van der Waals surface area contributed by atoms with Crippen molar-refractivity contribution < 1.29 is 28.6 Å². The molecule has 4 amide bonds. The predicted molar refractivity (Wildman–Crippen MR) is 148 cm³/mol. The zero-order chi connectivity index (χ0) is 27.2. The molecule has 3 aromatic rings. The zero-order valence-corrected chi connectivity index (χ0v) is 23.0. The van der Waals surface area contributed by atoms with Crippen molar-refractivity contribution in [2.75, 3.05) is 25.2 Å². The number of aryl methyl sites for hydroxylation is 1. The van der Waals surface area contributed by atoms with E-state index >= 15 is 0 Å². The summed E-state index contributed by atoms with van der Waals surface area (Å²) in [5.41, 5.74) is 1.67. The van der Waals surface area contributed by atoms with E-state index in [0.29, 0.717) is 42.4 Å². The second-order valence-corrected chi connectivity index (χ2v) is 9.65. The Kier molecular flexibility index (Phi) is 8.70. The summed E-state index contributed by atoms with van der Waals surface area (Å²) < 4.78 is 17.8. The maximum Gasteiger partial charge on any atom is 0.335 e. The van der Waals surface area contributed by atoms with Crippen LogP contribution in [0.2, 0.25) is 5.02 Å². The van der Waals surface area contributed by atoms with E-state index in [1.54, 1.807) is 36.4 Å². The number of nitrogens with zero attached hydrogens (tertiary/aromatic N) is 1. The van der Waals surface area contributed by atoms with Gasteiger partial charge in [0.05, 0.1) is 31.0 Å². The van der Waals surface area contributed by atoms with Gasteiger partial charge in [-0.25, -0.2) is 9.69 Å². The quantitative estimate of drug-likeness (QED) is 0.186. The molecule has 1 saturated heterocycles. The molecule has 1 aliphatic rings. The second kappa shape index (κ2) is 12.1. The van der Waals surface area contributed by atoms with Gasteiger partial charge >= 0.3 is 6.03 Å². The third-order valence-corrected chi connectivity index (χ3v) is 6.38. The molecule has 38 heavy (non-hydrogen) atoms. The van der Waals surface area contributed by atoms with Gasteiger partial charge in [0.1, 0.15) is 11.3 Å². The number of rotatable bonds is 9. The van der Waals surface area contributed by atoms with Gasteiger partial charge < -0.3 is 14.2 Å². The van der Waals surface area contributed by atoms with E-state index in [9.17, 15) is 14.4 Å². The molecule has 0 aliphatic carbocycles. The Bertz CT molecular complexity index is 1390. The molecule has 8 nitrogen and oxygen atoms in total. The number of anilines is 1. The topological polar surface area (TPSA) is 94.2 Å². The van der Waals surface area contributed by atoms with Gasteiger partial charge in [-0.1, -0.05) is 45.2 Å². The minimum atomic E-state index is -0.829. The number of nitrogens with one attached hydrogen (secondary N) is 1. The van der Waals surface area contributed by atoms with Gasteiger partial charge in [0.15, 0.2) is 11.5 Å². The van der Waals surface area contributed by atoms with E-state index in [2.05, 4.69) is 21.2 Å². The van der Waals surface area contributed by atoms with Crippen molar-refractivity contribution in [1.82, 2.24) is 5.32 Å². The van der Waals surface area contributed by atoms with Crippen LogP contribution in [0.4, 0.5) is 10.5 Å². The average Bonchev–Trinajstić information content (AvgIpc) is 2.89. The minimum absolute atomic E-state index is 0.229. The van der Waals surface area contributed by atoms with Crippen molar-refractivity contribution in [3.05, 3.63) is 86.9 Å². The van der Waals surface area contributed by atoms with E-state index in [0.717, 1.165) is 20.7 Å². The van der Waals surface area contributed by atoms with Gasteiger partial charge in [0.25, 0.3) is 11.8 Å². The molecular formula is C28H24BrClN2O6. The number of ether oxygens (including phenoxy) is 3. The van der Waals surface area contributed by atoms with Gasteiger partial charge in [0.2, 0.25) is 0 Å². The van der Waals surface area contributed by atoms with Crippen molar-refractivity contribution in [2.24, 2.45) is 0 Å². The molecule has 0 radical (unpaired) electrons. The van der Waals surface area contributed by atoms with E-state index in [-0.39, 0.29) is 10.6 Å². The molecule has 0 aromatic heterocycles. The standard InChI is InChI=1S/C28H24BrClN2O6/c1-17-4-10-21(11-5-17)37-12-3-13-38-25-23(30)15-18(16-24(25)36-2)14-22-26(33)31-28(35)32(27(22)34)20-8-6-19(29)7-9-20/h4-11,14-16H,3,12-13H2,1-2H3,(H,31,33,35). The van der Waals surface area contributed by atoms with Crippen molar-refractivity contribution in [3.8, 4) is 17.2 Å². The number of hydrogen-bond donors (Lipinski definition) is 1. The molecule has 1 aliphatic heterocycles. The Labute approximate surface area is 233 Å². The van der Waals surface area contributed by atoms with Gasteiger partial charge in [-0.3, -0.25) is 14.9 Å². The fourth-order valence-corrected chi connectivity index (χ4v) is 4.21. The molecule has 0 unspecified atom stereocenters. The highest BCUT2D eigenvalue weighted by Gasteiger charge is 2.36. The Hall–Kier alpha value is -3.82. The fraction of sp³-hybridized carbons (Fsp3) is 0.179. The summed E-state index contributed by atoms with van der Waals surface area (Å²) in [7, 11) is 1.46. The minimum Gasteiger partial charge on any atom is -0.493 e. The van der Waals surface area contributed by atoms with Gasteiger partial charge in [-0.2, -0.15) is 0 Å². The van der Waals surface area contributed by atoms with Crippen molar-refractivity contribution in [3.63, 3.8) is 0 Å². The number of amides is 4. The number of carbonyl (C=O) groups is 3. The summed E-state index contributed by atoms with van der Waals surface area (Å²) in [6.45, 7) is 2.79. The highest BCUT2D eigenvalue weighted by Crippen LogP contribution is 2.37. The lowest BCUT2D eigenvalue weighted by molar-refractivity contribution is -0.122. The summed E-state index contributed by atoms with van der Waals surface area (Å²) in [5, 5.41) is 2.43. The summed E-state index contributed by atoms with van der Waals surface area (Å²) in [6.07, 6.45) is 1.96. The molecule has 1 fully saturated rings. The average molecular weight is 600 g/mol. The van der Waals surface area contributed by atoms with Crippen molar-refractivity contribution >= 4 is 57.1 Å². The second-order valence-electron chi connectivity index (χ2n) is 8.33. The van der Waals surface area contributed by atoms with Gasteiger partial charge in [-0.05, 0) is 67.1 Å². The lowest BCUT2D eigenvalue weighted by Gasteiger charge is -2.26. The SMILES string of the molecule is COc1cc(C=C2C(=O)NC(=O)N(c3ccc(Br)cc3)C2=O)cc(Cl)c1OCCCOc1ccc(C)cc1. The first-order valence-corrected chi connectivity index (χ1v) is 12.8. The van der Waals surface area contributed by atoms with Gasteiger partial charge in [-0.15, -0.1) is 0 Å². The van der Waals surface area contributed by atoms with Crippen LogP contribution in [0.3, 0.4) is 0 Å². The van der Waals surface area contributed by atoms with Crippen LogP contribution in [-0.2, 0) is 9.59 Å². The summed E-state index contributed by atoms with van der Waals surface area (Å²) in [5.74, 6) is -0.126. The molecule has 0 saturated carbocycles. The number of barbiturate groups is 1. The Morgan fingerprint density at radius 3 is 2.34 bits per heavy atom. The summed E-state index contributed by atoms with van der Waals surface area (Å²) in [6, 6.07) is 16.7. The smallest absolute Gasteiger partial charge is 0.335 e. The van der Waals surface area contributed by atoms with Crippen LogP contribution in [0.5, 0.6) is 17.2 Å². The number of methoxy groups -OCH3 is 1. The number of carbonyl (C=O) groups excluding carboxylic acids is 3. The zero-order valence-electron chi connectivity index (χ0n) is 20.6. The summed E-state index contributed by atoms with van der Waals surface area (Å²) in [4.78, 5) is 39.0. The molecule has 0 bridgehead atoms. The van der Waals surface area contributed by atoms with Crippen LogP contribution in [0, 0.1) is 6.92 Å². The normalized spacial score (nSPS) is 14.5. The first-order chi connectivity index (χ1) is 18.3. The van der Waals surface area contributed by atoms with Crippen LogP contribution in [0.15, 0.2) is 70.7 Å². The van der Waals surface area contributed by atoms with E-state index in [1.165, 1.54) is 13.2 Å². The first kappa shape index (κ1) is 27.2. The largest absolute Gasteiger partial charge is 0.493 e. The highest BCUT2D eigenvalue weighted by atomic mass is 79.9. The molecule has 3 aromatic carbocycles. The van der Waals surface area contributed by atoms with Crippen LogP contribution in [0.25, 0.3) is 6.08 Å². The van der Waals surface area contributed by atoms with E-state index in [4.69, 9.17) is 25.8 Å². The van der Waals surface area contributed by atoms with Crippen LogP contribution in [-0.4, -0.2) is 38.2 Å². The number of imide groups is 2. The molecule has 10 heteroatoms. The third-order valence-electron chi connectivity index (χ3n) is 5.57. The highest BCUT2D eigenvalue weighted by molar-refractivity contribution is 9.10. The Morgan fingerprint density at radius 2 is 1.66 bits per heavy atom. The molecule has 1 N–H and O–H groups in total. The van der Waals surface area contributed by atoms with E-state index < -0.39 is 17.8 Å². The van der Waals surface area contributed by atoms with Crippen molar-refractivity contribution in [2.45, 2.75) is 13.3 Å². The molecule has 0 atom stereocenters. The Balaban J connectivity index is 1.47. The molecule has 1 heterocycles. The third kappa shape index (κ3) is 6.35. The molecule has 0 spiro atoms. The monoisotopic (exact) mass is 598 g/mol.